The molecule has 0 heterocycles. The first kappa shape index (κ1) is 15.2. The summed E-state index contributed by atoms with van der Waals surface area (Å²) in [6, 6.07) is 3.69. The second kappa shape index (κ2) is 6.99. The number of hydrogen-bond acceptors (Lipinski definition) is 4. The van der Waals surface area contributed by atoms with Crippen molar-refractivity contribution in [2.45, 2.75) is 19.3 Å². The van der Waals surface area contributed by atoms with Gasteiger partial charge in [-0.25, -0.2) is 5.43 Å². The number of hydrogen-bond donors (Lipinski definition) is 1. The molecule has 0 saturated carbocycles. The molecule has 2 rings (SSSR count). The molecule has 110 valence electrons. The van der Waals surface area contributed by atoms with Crippen molar-refractivity contribution in [2.24, 2.45) is 11.0 Å². The van der Waals surface area contributed by atoms with Gasteiger partial charge in [0.2, 0.25) is 0 Å². The average Bonchev–Trinajstić information content (AvgIpc) is 2.48. The number of carbonyl (C=O) groups excluding carboxylic acids is 1. The third kappa shape index (κ3) is 4.13. The van der Waals surface area contributed by atoms with Crippen LogP contribution in [0.15, 0.2) is 35.5 Å². The molecule has 0 fully saturated rings. The summed E-state index contributed by atoms with van der Waals surface area (Å²) in [5.74, 6) is -0.167. The van der Waals surface area contributed by atoms with Gasteiger partial charge in [0.05, 0.1) is 15.5 Å². The number of nitro benzene ring substituents is 1. The average molecular weight is 308 g/mol. The maximum Gasteiger partial charge on any atom is 0.272 e. The van der Waals surface area contributed by atoms with Gasteiger partial charge in [-0.1, -0.05) is 23.8 Å². The normalized spacial score (nSPS) is 17.9. The molecule has 1 amide bonds. The molecule has 1 aromatic carbocycles. The number of halogens is 1. The summed E-state index contributed by atoms with van der Waals surface area (Å²) in [5.41, 5.74) is 2.39. The Bertz CT molecular complexity index is 613. The van der Waals surface area contributed by atoms with Crippen LogP contribution in [0.3, 0.4) is 0 Å². The second-order valence-electron chi connectivity index (χ2n) is 4.68. The molecule has 1 unspecified atom stereocenters. The van der Waals surface area contributed by atoms with Crippen molar-refractivity contribution < 1.29 is 9.72 Å². The van der Waals surface area contributed by atoms with E-state index >= 15 is 0 Å². The molecule has 0 radical (unpaired) electrons. The lowest BCUT2D eigenvalue weighted by molar-refractivity contribution is -0.384. The SMILES string of the molecule is O=C(NN=CC1CC=CCC1)c1ccc([N+](=O)[O-])cc1Cl. The Hall–Kier alpha value is -2.21. The van der Waals surface area contributed by atoms with Crippen LogP contribution in [-0.2, 0) is 0 Å². The molecule has 7 heteroatoms. The summed E-state index contributed by atoms with van der Waals surface area (Å²) in [7, 11) is 0. The Balaban J connectivity index is 1.98. The lowest BCUT2D eigenvalue weighted by atomic mass is 9.96. The minimum atomic E-state index is -0.567. The summed E-state index contributed by atoms with van der Waals surface area (Å²) in [6.07, 6.45) is 8.86. The topological polar surface area (TPSA) is 84.6 Å². The number of nitrogens with zero attached hydrogens (tertiary/aromatic N) is 2. The largest absolute Gasteiger partial charge is 0.272 e. The van der Waals surface area contributed by atoms with E-state index in [0.29, 0.717) is 5.92 Å². The number of allylic oxidation sites excluding steroid dienone is 2. The lowest BCUT2D eigenvalue weighted by Gasteiger charge is -2.11. The van der Waals surface area contributed by atoms with Crippen molar-refractivity contribution in [1.29, 1.82) is 0 Å². The summed E-state index contributed by atoms with van der Waals surface area (Å²) in [4.78, 5) is 21.9. The predicted molar refractivity (Wildman–Crippen MR) is 80.5 cm³/mol. The number of nitrogens with one attached hydrogen (secondary N) is 1. The van der Waals surface area contributed by atoms with E-state index < -0.39 is 10.8 Å². The van der Waals surface area contributed by atoms with E-state index in [2.05, 4.69) is 22.7 Å². The van der Waals surface area contributed by atoms with Gasteiger partial charge >= 0.3 is 0 Å². The van der Waals surface area contributed by atoms with E-state index in [4.69, 9.17) is 11.6 Å². The molecule has 1 aliphatic rings. The Labute approximate surface area is 126 Å². The number of non-ortho nitro benzene ring substituents is 1. The Morgan fingerprint density at radius 3 is 2.90 bits per heavy atom. The summed E-state index contributed by atoms with van der Waals surface area (Å²) in [5, 5.41) is 14.5. The molecule has 1 N–H and O–H groups in total. The van der Waals surface area contributed by atoms with Gasteiger partial charge in [-0.05, 0) is 31.2 Å². The molecule has 0 aromatic heterocycles. The minimum Gasteiger partial charge on any atom is -0.267 e. The van der Waals surface area contributed by atoms with Crippen LogP contribution in [0.1, 0.15) is 29.6 Å². The quantitative estimate of drug-likeness (QED) is 0.401. The van der Waals surface area contributed by atoms with E-state index in [1.54, 1.807) is 6.21 Å². The van der Waals surface area contributed by atoms with Crippen LogP contribution in [0.4, 0.5) is 5.69 Å². The molecule has 1 aromatic rings. The highest BCUT2D eigenvalue weighted by Gasteiger charge is 2.14. The number of hydrazone groups is 1. The van der Waals surface area contributed by atoms with Crippen molar-refractivity contribution in [3.8, 4) is 0 Å². The molecule has 0 aliphatic heterocycles. The van der Waals surface area contributed by atoms with Crippen molar-refractivity contribution in [3.63, 3.8) is 0 Å². The van der Waals surface area contributed by atoms with Crippen LogP contribution < -0.4 is 5.43 Å². The van der Waals surface area contributed by atoms with Gasteiger partial charge in [-0.2, -0.15) is 5.10 Å². The fraction of sp³-hybridized carbons (Fsp3) is 0.286. The zero-order valence-electron chi connectivity index (χ0n) is 11.2. The summed E-state index contributed by atoms with van der Waals surface area (Å²) in [6.45, 7) is 0. The summed E-state index contributed by atoms with van der Waals surface area (Å²) < 4.78 is 0. The number of carbonyl (C=O) groups is 1. The molecule has 1 atom stereocenters. The van der Waals surface area contributed by atoms with Gasteiger partial charge in [-0.15, -0.1) is 0 Å². The van der Waals surface area contributed by atoms with E-state index in [1.165, 1.54) is 12.1 Å². The zero-order chi connectivity index (χ0) is 15.2. The fourth-order valence-corrected chi connectivity index (χ4v) is 2.28. The Kier molecular flexibility index (Phi) is 5.05. The predicted octanol–water partition coefficient (Wildman–Crippen LogP) is 3.32. The maximum atomic E-state index is 11.9. The van der Waals surface area contributed by atoms with Crippen molar-refractivity contribution in [2.75, 3.05) is 0 Å². The van der Waals surface area contributed by atoms with Gasteiger partial charge in [0.1, 0.15) is 0 Å². The third-order valence-electron chi connectivity index (χ3n) is 3.17. The van der Waals surface area contributed by atoms with Crippen LogP contribution >= 0.6 is 11.6 Å². The summed E-state index contributed by atoms with van der Waals surface area (Å²) >= 11 is 5.87. The van der Waals surface area contributed by atoms with E-state index in [1.807, 2.05) is 0 Å². The van der Waals surface area contributed by atoms with E-state index in [0.717, 1.165) is 25.3 Å². The van der Waals surface area contributed by atoms with Crippen molar-refractivity contribution in [3.05, 3.63) is 51.1 Å². The van der Waals surface area contributed by atoms with Crippen LogP contribution in [0.25, 0.3) is 0 Å². The molecule has 1 aliphatic carbocycles. The zero-order valence-corrected chi connectivity index (χ0v) is 11.9. The van der Waals surface area contributed by atoms with Gasteiger partial charge in [-0.3, -0.25) is 14.9 Å². The molecule has 0 spiro atoms. The molecule has 0 bridgehead atoms. The Morgan fingerprint density at radius 1 is 1.48 bits per heavy atom. The first-order valence-electron chi connectivity index (χ1n) is 6.50. The number of amides is 1. The standard InChI is InChI=1S/C14H14ClN3O3/c15-13-8-11(18(20)21)6-7-12(13)14(19)17-16-9-10-4-2-1-3-5-10/h1-2,6-10H,3-5H2,(H,17,19). The maximum absolute atomic E-state index is 11.9. The molecule has 21 heavy (non-hydrogen) atoms. The third-order valence-corrected chi connectivity index (χ3v) is 3.48. The highest BCUT2D eigenvalue weighted by molar-refractivity contribution is 6.34. The monoisotopic (exact) mass is 307 g/mol. The first-order chi connectivity index (χ1) is 10.1. The van der Waals surface area contributed by atoms with Gasteiger partial charge in [0, 0.05) is 18.3 Å². The number of rotatable bonds is 4. The fourth-order valence-electron chi connectivity index (χ4n) is 2.02. The lowest BCUT2D eigenvalue weighted by Crippen LogP contribution is -2.19. The highest BCUT2D eigenvalue weighted by Crippen LogP contribution is 2.22. The van der Waals surface area contributed by atoms with Gasteiger partial charge in [0.15, 0.2) is 0 Å². The number of benzene rings is 1. The van der Waals surface area contributed by atoms with Gasteiger partial charge < -0.3 is 0 Å². The van der Waals surface area contributed by atoms with Crippen LogP contribution in [0, 0.1) is 16.0 Å². The minimum absolute atomic E-state index is 0.0255. The number of nitro groups is 1. The molecule has 0 saturated heterocycles. The smallest absolute Gasteiger partial charge is 0.267 e. The molecular formula is C14H14ClN3O3. The van der Waals surface area contributed by atoms with E-state index in [9.17, 15) is 14.9 Å². The van der Waals surface area contributed by atoms with Crippen LogP contribution in [-0.4, -0.2) is 17.0 Å². The van der Waals surface area contributed by atoms with Crippen molar-refractivity contribution >= 4 is 29.4 Å². The highest BCUT2D eigenvalue weighted by atomic mass is 35.5. The molecule has 6 nitrogen and oxygen atoms in total. The Morgan fingerprint density at radius 2 is 2.29 bits per heavy atom. The van der Waals surface area contributed by atoms with Crippen LogP contribution in [0.5, 0.6) is 0 Å². The first-order valence-corrected chi connectivity index (χ1v) is 6.88. The van der Waals surface area contributed by atoms with Crippen LogP contribution in [0.2, 0.25) is 5.02 Å². The van der Waals surface area contributed by atoms with E-state index in [-0.39, 0.29) is 16.3 Å². The van der Waals surface area contributed by atoms with Gasteiger partial charge in [0.25, 0.3) is 11.6 Å². The van der Waals surface area contributed by atoms with Crippen molar-refractivity contribution in [1.82, 2.24) is 5.43 Å². The molecular weight excluding hydrogens is 294 g/mol. The second-order valence-corrected chi connectivity index (χ2v) is 5.09.